The molecule has 33 heavy (non-hydrogen) atoms. The van der Waals surface area contributed by atoms with Gasteiger partial charge >= 0.3 is 17.1 Å². The van der Waals surface area contributed by atoms with Gasteiger partial charge < -0.3 is 4.74 Å². The van der Waals surface area contributed by atoms with E-state index in [-0.39, 0.29) is 23.2 Å². The van der Waals surface area contributed by atoms with E-state index in [2.05, 4.69) is 103 Å². The summed E-state index contributed by atoms with van der Waals surface area (Å²) in [7, 11) is 1.16. The predicted octanol–water partition coefficient (Wildman–Crippen LogP) is 6.30. The Bertz CT molecular complexity index is 1100. The summed E-state index contributed by atoms with van der Waals surface area (Å²) in [6.07, 6.45) is -0.0615. The summed E-state index contributed by atoms with van der Waals surface area (Å²) in [6.45, 7) is 0. The van der Waals surface area contributed by atoms with Crippen LogP contribution in [-0.4, -0.2) is 7.11 Å². The summed E-state index contributed by atoms with van der Waals surface area (Å²) in [6, 6.07) is 48.7. The van der Waals surface area contributed by atoms with Gasteiger partial charge in [0, 0.05) is 7.11 Å². The Morgan fingerprint density at radius 1 is 0.667 bits per heavy atom. The molecule has 1 nitrogen and oxygen atoms in total. The van der Waals surface area contributed by atoms with Crippen molar-refractivity contribution in [3.05, 3.63) is 151 Å². The van der Waals surface area contributed by atoms with Crippen LogP contribution in [0.3, 0.4) is 0 Å². The fourth-order valence-corrected chi connectivity index (χ4v) is 6.30. The molecule has 0 saturated carbocycles. The van der Waals surface area contributed by atoms with Crippen molar-refractivity contribution < 1.29 is 21.8 Å². The molecule has 0 radical (unpaired) electrons. The van der Waals surface area contributed by atoms with Crippen LogP contribution in [0.4, 0.5) is 0 Å². The van der Waals surface area contributed by atoms with Gasteiger partial charge in [-0.3, -0.25) is 0 Å². The van der Waals surface area contributed by atoms with Crippen LogP contribution in [0.1, 0.15) is 17.2 Å². The fraction of sp³-hybridized carbons (Fsp3) is 0.0667. The van der Waals surface area contributed by atoms with Crippen LogP contribution in [0.15, 0.2) is 140 Å². The van der Waals surface area contributed by atoms with Crippen molar-refractivity contribution in [3.8, 4) is 0 Å². The first kappa shape index (κ1) is 24.9. The van der Waals surface area contributed by atoms with E-state index >= 15 is 0 Å². The first-order chi connectivity index (χ1) is 15.9. The Labute approximate surface area is 209 Å². The average Bonchev–Trinajstić information content (AvgIpc) is 3.59. The molecule has 0 heterocycles. The summed E-state index contributed by atoms with van der Waals surface area (Å²) in [5.74, 6) is 0. The van der Waals surface area contributed by atoms with Gasteiger partial charge in [-0.1, -0.05) is 91.0 Å². The molecule has 3 heteroatoms. The molecule has 0 aromatic heterocycles. The second kappa shape index (κ2) is 13.1. The second-order valence-corrected chi connectivity index (χ2v) is 9.55. The van der Waals surface area contributed by atoms with E-state index in [1.807, 2.05) is 36.4 Å². The van der Waals surface area contributed by atoms with Gasteiger partial charge in [0.2, 0.25) is 0 Å². The zero-order valence-corrected chi connectivity index (χ0v) is 20.6. The molecule has 0 bridgehead atoms. The van der Waals surface area contributed by atoms with E-state index in [1.54, 1.807) is 7.11 Å². The van der Waals surface area contributed by atoms with Crippen LogP contribution in [-0.2, 0) is 21.8 Å². The van der Waals surface area contributed by atoms with Gasteiger partial charge in [0.05, 0.1) is 6.10 Å². The van der Waals surface area contributed by atoms with E-state index < -0.39 is 7.92 Å². The van der Waals surface area contributed by atoms with Crippen LogP contribution < -0.4 is 15.9 Å². The number of hydrogen-bond donors (Lipinski definition) is 0. The average molecular weight is 490 g/mol. The van der Waals surface area contributed by atoms with Crippen molar-refractivity contribution >= 4 is 23.8 Å². The maximum atomic E-state index is 5.95. The third-order valence-corrected chi connectivity index (χ3v) is 7.79. The van der Waals surface area contributed by atoms with Crippen LogP contribution >= 0.6 is 7.92 Å². The molecular weight excluding hydrogens is 463 g/mol. The van der Waals surface area contributed by atoms with Gasteiger partial charge in [-0.05, 0) is 24.1 Å². The van der Waals surface area contributed by atoms with Gasteiger partial charge in [-0.15, -0.1) is 10.9 Å². The Morgan fingerprint density at radius 2 is 1.18 bits per heavy atom. The normalized spacial score (nSPS) is 11.2. The maximum absolute atomic E-state index is 5.95. The summed E-state index contributed by atoms with van der Waals surface area (Å²) >= 11 is 0. The molecule has 0 spiro atoms. The van der Waals surface area contributed by atoms with Gasteiger partial charge in [0.1, 0.15) is 0 Å². The molecule has 5 aromatic rings. The zero-order valence-electron chi connectivity index (χ0n) is 18.6. The van der Waals surface area contributed by atoms with Crippen molar-refractivity contribution in [1.82, 2.24) is 0 Å². The molecule has 5 aromatic carbocycles. The third-order valence-electron chi connectivity index (χ3n) is 5.27. The first-order valence-electron chi connectivity index (χ1n) is 10.8. The SMILES string of the molecule is CO[C@H](c1ccccc1)[c-]1cccc1P(c1ccccc1)c1ccccc1.[Fe+2].c1cc[cH-]c1. The van der Waals surface area contributed by atoms with E-state index in [1.165, 1.54) is 27.0 Å². The smallest absolute Gasteiger partial charge is 0.384 e. The maximum Gasteiger partial charge on any atom is 2.00 e. The number of hydrogen-bond acceptors (Lipinski definition) is 1. The number of ether oxygens (including phenoxy) is 1. The molecule has 0 saturated heterocycles. The van der Waals surface area contributed by atoms with E-state index in [9.17, 15) is 0 Å². The summed E-state index contributed by atoms with van der Waals surface area (Å²) in [4.78, 5) is 0. The second-order valence-electron chi connectivity index (χ2n) is 7.36. The molecule has 1 atom stereocenters. The minimum atomic E-state index is -0.638. The predicted molar refractivity (Wildman–Crippen MR) is 138 cm³/mol. The molecule has 0 aliphatic rings. The van der Waals surface area contributed by atoms with Crippen LogP contribution in [0, 0.1) is 0 Å². The van der Waals surface area contributed by atoms with Crippen molar-refractivity contribution in [2.45, 2.75) is 6.10 Å². The molecule has 0 N–H and O–H groups in total. The fourth-order valence-electron chi connectivity index (χ4n) is 3.82. The molecule has 0 fully saturated rings. The number of benzene rings is 3. The zero-order chi connectivity index (χ0) is 22.0. The minimum absolute atomic E-state index is 0. The summed E-state index contributed by atoms with van der Waals surface area (Å²) < 4.78 is 5.95. The molecule has 0 amide bonds. The molecule has 0 aliphatic heterocycles. The number of methoxy groups -OCH3 is 1. The van der Waals surface area contributed by atoms with Crippen LogP contribution in [0.2, 0.25) is 0 Å². The van der Waals surface area contributed by atoms with Crippen LogP contribution in [0.5, 0.6) is 0 Å². The van der Waals surface area contributed by atoms with Crippen LogP contribution in [0.25, 0.3) is 0 Å². The van der Waals surface area contributed by atoms with Gasteiger partial charge in [0.15, 0.2) is 0 Å². The minimum Gasteiger partial charge on any atom is -0.384 e. The van der Waals surface area contributed by atoms with E-state index in [0.717, 1.165) is 0 Å². The molecule has 0 aliphatic carbocycles. The van der Waals surface area contributed by atoms with E-state index in [0.29, 0.717) is 0 Å². The van der Waals surface area contributed by atoms with Gasteiger partial charge in [-0.2, -0.15) is 24.3 Å². The Kier molecular flexibility index (Phi) is 9.88. The standard InChI is InChI=1S/C25H22OP.C5H5.Fe/c1-26-25(20-12-5-2-6-13-20)23-18-11-19-24(23)27(21-14-7-3-8-15-21)22-16-9-4-10-17-22;1-2-4-5-3-1;/h2-19,25H,1H3;1-5H;/q2*-1;+2/t25-;;/m1../s1. The monoisotopic (exact) mass is 490 g/mol. The summed E-state index contributed by atoms with van der Waals surface area (Å²) in [5.41, 5.74) is 2.44. The third kappa shape index (κ3) is 6.41. The Morgan fingerprint density at radius 3 is 1.64 bits per heavy atom. The molecule has 5 rings (SSSR count). The Hall–Kier alpha value is -2.73. The molecule has 166 valence electrons. The first-order valence-corrected chi connectivity index (χ1v) is 12.1. The summed E-state index contributed by atoms with van der Waals surface area (Å²) in [5, 5.41) is 4.07. The van der Waals surface area contributed by atoms with Gasteiger partial charge in [-0.25, -0.2) is 24.3 Å². The molecule has 0 unspecified atom stereocenters. The largest absolute Gasteiger partial charge is 2.00 e. The van der Waals surface area contributed by atoms with Crippen molar-refractivity contribution in [2.75, 3.05) is 7.11 Å². The van der Waals surface area contributed by atoms with E-state index in [4.69, 9.17) is 4.74 Å². The Balaban J connectivity index is 0.000000453. The molecular formula is C30H27FeOP. The topological polar surface area (TPSA) is 9.23 Å². The number of rotatable bonds is 6. The van der Waals surface area contributed by atoms with Crippen molar-refractivity contribution in [2.24, 2.45) is 0 Å². The van der Waals surface area contributed by atoms with Gasteiger partial charge in [0.25, 0.3) is 0 Å². The van der Waals surface area contributed by atoms with Crippen molar-refractivity contribution in [1.29, 1.82) is 0 Å². The quantitative estimate of drug-likeness (QED) is 0.154. The van der Waals surface area contributed by atoms with Crippen molar-refractivity contribution in [3.63, 3.8) is 0 Å².